The van der Waals surface area contributed by atoms with Gasteiger partial charge in [-0.3, -0.25) is 0 Å². The molecule has 0 amide bonds. The fourth-order valence-corrected chi connectivity index (χ4v) is 4.38. The first kappa shape index (κ1) is 15.3. The molecule has 2 heterocycles. The zero-order valence-corrected chi connectivity index (χ0v) is 13.1. The summed E-state index contributed by atoms with van der Waals surface area (Å²) in [6, 6.07) is -0.387. The Hall–Kier alpha value is -1.08. The average Bonchev–Trinajstić information content (AvgIpc) is 2.77. The molecule has 1 saturated heterocycles. The summed E-state index contributed by atoms with van der Waals surface area (Å²) in [7, 11) is -3.09. The fraction of sp³-hybridized carbons (Fsp3) is 0.667. The first-order chi connectivity index (χ1) is 9.03. The molecular formula is C12H17ClN2O4S. The zero-order chi connectivity index (χ0) is 15.3. The van der Waals surface area contributed by atoms with E-state index in [1.54, 1.807) is 0 Å². The van der Waals surface area contributed by atoms with Gasteiger partial charge in [-0.15, -0.1) is 0 Å². The standard InChI is InChI=1S/C12H17ClN2O4S/c1-12(2,3)9-8(11(16)17)10(13)15(14-9)7-4-5-20(18,19)6-7/h7H,4-6H2,1-3H3,(H,16,17). The average molecular weight is 321 g/mol. The second kappa shape index (κ2) is 4.73. The molecule has 0 aliphatic carbocycles. The van der Waals surface area contributed by atoms with Crippen LogP contribution in [-0.2, 0) is 15.3 Å². The minimum atomic E-state index is -3.09. The molecule has 2 rings (SSSR count). The maximum absolute atomic E-state index is 11.5. The molecule has 1 aromatic heterocycles. The highest BCUT2D eigenvalue weighted by atomic mass is 35.5. The Kier molecular flexibility index (Phi) is 3.62. The molecule has 0 radical (unpaired) electrons. The predicted octanol–water partition coefficient (Wildman–Crippen LogP) is 1.89. The van der Waals surface area contributed by atoms with E-state index in [0.29, 0.717) is 12.1 Å². The van der Waals surface area contributed by atoms with Crippen LogP contribution in [0.4, 0.5) is 0 Å². The molecule has 1 aliphatic heterocycles. The Labute approximate surface area is 122 Å². The van der Waals surface area contributed by atoms with Crippen molar-refractivity contribution in [1.29, 1.82) is 0 Å². The van der Waals surface area contributed by atoms with Gasteiger partial charge in [0.1, 0.15) is 10.7 Å². The number of nitrogens with zero attached hydrogens (tertiary/aromatic N) is 2. The minimum Gasteiger partial charge on any atom is -0.478 e. The number of halogens is 1. The van der Waals surface area contributed by atoms with E-state index >= 15 is 0 Å². The quantitative estimate of drug-likeness (QED) is 0.898. The van der Waals surface area contributed by atoms with Gasteiger partial charge in [-0.25, -0.2) is 17.9 Å². The van der Waals surface area contributed by atoms with Crippen LogP contribution < -0.4 is 0 Å². The van der Waals surface area contributed by atoms with Crippen molar-refractivity contribution in [2.45, 2.75) is 38.6 Å². The molecule has 1 N–H and O–H groups in total. The molecule has 0 bridgehead atoms. The molecule has 1 unspecified atom stereocenters. The summed E-state index contributed by atoms with van der Waals surface area (Å²) < 4.78 is 24.5. The van der Waals surface area contributed by atoms with Crippen LogP contribution in [0.25, 0.3) is 0 Å². The lowest BCUT2D eigenvalue weighted by molar-refractivity contribution is 0.0694. The van der Waals surface area contributed by atoms with E-state index in [4.69, 9.17) is 11.6 Å². The Morgan fingerprint density at radius 3 is 2.40 bits per heavy atom. The fourth-order valence-electron chi connectivity index (χ4n) is 2.34. The van der Waals surface area contributed by atoms with E-state index < -0.39 is 21.2 Å². The van der Waals surface area contributed by atoms with Crippen molar-refractivity contribution in [2.24, 2.45) is 0 Å². The van der Waals surface area contributed by atoms with Crippen LogP contribution in [0.2, 0.25) is 5.15 Å². The maximum Gasteiger partial charge on any atom is 0.340 e. The molecule has 112 valence electrons. The van der Waals surface area contributed by atoms with Crippen LogP contribution in [-0.4, -0.2) is 40.8 Å². The first-order valence-electron chi connectivity index (χ1n) is 6.25. The van der Waals surface area contributed by atoms with Crippen molar-refractivity contribution >= 4 is 27.4 Å². The summed E-state index contributed by atoms with van der Waals surface area (Å²) in [5.41, 5.74) is -0.150. The van der Waals surface area contributed by atoms with E-state index in [-0.39, 0.29) is 28.3 Å². The predicted molar refractivity (Wildman–Crippen MR) is 75.2 cm³/mol. The van der Waals surface area contributed by atoms with Crippen molar-refractivity contribution in [2.75, 3.05) is 11.5 Å². The van der Waals surface area contributed by atoms with Gasteiger partial charge in [0, 0.05) is 5.41 Å². The Morgan fingerprint density at radius 2 is 2.05 bits per heavy atom. The monoisotopic (exact) mass is 320 g/mol. The van der Waals surface area contributed by atoms with Gasteiger partial charge in [0.15, 0.2) is 9.84 Å². The lowest BCUT2D eigenvalue weighted by Gasteiger charge is -2.16. The molecule has 0 aromatic carbocycles. The number of carboxylic acid groups (broad SMARTS) is 1. The van der Waals surface area contributed by atoms with Gasteiger partial charge >= 0.3 is 5.97 Å². The van der Waals surface area contributed by atoms with Crippen LogP contribution in [0.3, 0.4) is 0 Å². The number of hydrogen-bond donors (Lipinski definition) is 1. The highest BCUT2D eigenvalue weighted by Crippen LogP contribution is 2.34. The maximum atomic E-state index is 11.5. The SMILES string of the molecule is CC(C)(C)c1nn(C2CCS(=O)(=O)C2)c(Cl)c1C(=O)O. The lowest BCUT2D eigenvalue weighted by Crippen LogP contribution is -2.17. The number of aromatic nitrogens is 2. The Morgan fingerprint density at radius 1 is 1.45 bits per heavy atom. The van der Waals surface area contributed by atoms with Crippen molar-refractivity contribution < 1.29 is 18.3 Å². The van der Waals surface area contributed by atoms with E-state index in [9.17, 15) is 18.3 Å². The molecular weight excluding hydrogens is 304 g/mol. The number of sulfone groups is 1. The van der Waals surface area contributed by atoms with Crippen molar-refractivity contribution in [3.63, 3.8) is 0 Å². The van der Waals surface area contributed by atoms with E-state index in [2.05, 4.69) is 5.10 Å². The third kappa shape index (κ3) is 2.69. The van der Waals surface area contributed by atoms with Crippen LogP contribution in [0.15, 0.2) is 0 Å². The molecule has 0 saturated carbocycles. The van der Waals surface area contributed by atoms with Crippen LogP contribution in [0.5, 0.6) is 0 Å². The molecule has 8 heteroatoms. The normalized spacial score (nSPS) is 22.1. The van der Waals surface area contributed by atoms with Crippen molar-refractivity contribution in [1.82, 2.24) is 9.78 Å². The number of hydrogen-bond acceptors (Lipinski definition) is 4. The topological polar surface area (TPSA) is 89.3 Å². The summed E-state index contributed by atoms with van der Waals surface area (Å²) >= 11 is 6.13. The van der Waals surface area contributed by atoms with Gasteiger partial charge in [0.05, 0.1) is 23.2 Å². The van der Waals surface area contributed by atoms with Crippen molar-refractivity contribution in [3.05, 3.63) is 16.4 Å². The first-order valence-corrected chi connectivity index (χ1v) is 8.45. The number of aromatic carboxylic acids is 1. The highest BCUT2D eigenvalue weighted by Gasteiger charge is 2.36. The molecule has 1 aromatic rings. The summed E-state index contributed by atoms with van der Waals surface area (Å²) in [5, 5.41) is 13.6. The van der Waals surface area contributed by atoms with Gasteiger partial charge in [-0.05, 0) is 6.42 Å². The minimum absolute atomic E-state index is 0.00419. The van der Waals surface area contributed by atoms with Crippen LogP contribution in [0.1, 0.15) is 49.3 Å². The van der Waals surface area contributed by atoms with Crippen LogP contribution >= 0.6 is 11.6 Å². The summed E-state index contributed by atoms with van der Waals surface area (Å²) in [4.78, 5) is 11.4. The zero-order valence-electron chi connectivity index (χ0n) is 11.6. The van der Waals surface area contributed by atoms with E-state index in [1.165, 1.54) is 4.68 Å². The molecule has 20 heavy (non-hydrogen) atoms. The largest absolute Gasteiger partial charge is 0.478 e. The summed E-state index contributed by atoms with van der Waals surface area (Å²) in [6.45, 7) is 5.52. The molecule has 0 spiro atoms. The number of carboxylic acids is 1. The van der Waals surface area contributed by atoms with Gasteiger partial charge in [-0.1, -0.05) is 32.4 Å². The van der Waals surface area contributed by atoms with E-state index in [0.717, 1.165) is 0 Å². The second-order valence-corrected chi connectivity index (χ2v) is 8.66. The Bertz CT molecular complexity index is 658. The van der Waals surface area contributed by atoms with Gasteiger partial charge in [0.2, 0.25) is 0 Å². The highest BCUT2D eigenvalue weighted by molar-refractivity contribution is 7.91. The molecule has 1 aliphatic rings. The van der Waals surface area contributed by atoms with Crippen LogP contribution in [0, 0.1) is 0 Å². The van der Waals surface area contributed by atoms with Crippen molar-refractivity contribution in [3.8, 4) is 0 Å². The lowest BCUT2D eigenvalue weighted by atomic mass is 9.89. The molecule has 1 atom stereocenters. The van der Waals surface area contributed by atoms with Gasteiger partial charge < -0.3 is 5.11 Å². The molecule has 6 nitrogen and oxygen atoms in total. The number of carbonyl (C=O) groups is 1. The third-order valence-corrected chi connectivity index (χ3v) is 5.44. The second-order valence-electron chi connectivity index (χ2n) is 6.07. The summed E-state index contributed by atoms with van der Waals surface area (Å²) in [6.07, 6.45) is 0.409. The third-order valence-electron chi connectivity index (χ3n) is 3.33. The summed E-state index contributed by atoms with van der Waals surface area (Å²) in [5.74, 6) is -1.11. The number of rotatable bonds is 2. The van der Waals surface area contributed by atoms with Gasteiger partial charge in [0.25, 0.3) is 0 Å². The van der Waals surface area contributed by atoms with Gasteiger partial charge in [-0.2, -0.15) is 5.10 Å². The molecule has 1 fully saturated rings. The van der Waals surface area contributed by atoms with E-state index in [1.807, 2.05) is 20.8 Å². The Balaban J connectivity index is 2.54. The smallest absolute Gasteiger partial charge is 0.340 e.